The maximum absolute atomic E-state index is 12.5. The monoisotopic (exact) mass is 289 g/mol. The minimum Gasteiger partial charge on any atom is -0.357 e. The van der Waals surface area contributed by atoms with Crippen LogP contribution in [0, 0.1) is 5.41 Å². The maximum atomic E-state index is 12.5. The number of carbonyl (C=O) groups is 2. The highest BCUT2D eigenvalue weighted by Gasteiger charge is 2.46. The third kappa shape index (κ3) is 2.43. The normalized spacial score (nSPS) is 25.0. The van der Waals surface area contributed by atoms with Crippen LogP contribution in [0.15, 0.2) is 12.4 Å². The Hall–Kier alpha value is -2.18. The predicted octanol–water partition coefficient (Wildman–Crippen LogP) is 0.261. The summed E-state index contributed by atoms with van der Waals surface area (Å²) < 4.78 is 0. The van der Waals surface area contributed by atoms with Crippen LogP contribution in [0.2, 0.25) is 0 Å². The van der Waals surface area contributed by atoms with Crippen LogP contribution in [0.25, 0.3) is 0 Å². The molecule has 1 unspecified atom stereocenters. The standard InChI is InChI=1S/C14H19N5O2/c1-15-13-17-7-10(8-18-13)11(20)19-6-4-14(9-19)3-2-5-16-12(14)21/h7-8H,2-6,9H2,1H3,(H,16,21)(H,15,17,18). The smallest absolute Gasteiger partial charge is 0.257 e. The summed E-state index contributed by atoms with van der Waals surface area (Å²) in [5, 5.41) is 5.73. The van der Waals surface area contributed by atoms with Crippen molar-refractivity contribution in [3.63, 3.8) is 0 Å². The molecule has 1 aromatic heterocycles. The lowest BCUT2D eigenvalue weighted by Crippen LogP contribution is -2.47. The summed E-state index contributed by atoms with van der Waals surface area (Å²) in [5.74, 6) is 0.467. The Labute approximate surface area is 123 Å². The summed E-state index contributed by atoms with van der Waals surface area (Å²) in [6.07, 6.45) is 5.62. The fourth-order valence-electron chi connectivity index (χ4n) is 3.12. The largest absolute Gasteiger partial charge is 0.357 e. The van der Waals surface area contributed by atoms with Gasteiger partial charge in [0, 0.05) is 39.1 Å². The van der Waals surface area contributed by atoms with E-state index >= 15 is 0 Å². The van der Waals surface area contributed by atoms with Crippen molar-refractivity contribution in [2.75, 3.05) is 32.0 Å². The second-order valence-electron chi connectivity index (χ2n) is 5.66. The number of aromatic nitrogens is 2. The van der Waals surface area contributed by atoms with Crippen LogP contribution in [0.5, 0.6) is 0 Å². The van der Waals surface area contributed by atoms with Gasteiger partial charge in [0.15, 0.2) is 0 Å². The van der Waals surface area contributed by atoms with E-state index in [1.54, 1.807) is 11.9 Å². The van der Waals surface area contributed by atoms with Gasteiger partial charge in [-0.2, -0.15) is 0 Å². The van der Waals surface area contributed by atoms with Gasteiger partial charge < -0.3 is 15.5 Å². The number of hydrogen-bond donors (Lipinski definition) is 2. The molecule has 2 amide bonds. The number of hydrogen-bond acceptors (Lipinski definition) is 5. The van der Waals surface area contributed by atoms with E-state index in [-0.39, 0.29) is 17.2 Å². The van der Waals surface area contributed by atoms with E-state index in [9.17, 15) is 9.59 Å². The van der Waals surface area contributed by atoms with Crippen molar-refractivity contribution in [1.82, 2.24) is 20.2 Å². The summed E-state index contributed by atoms with van der Waals surface area (Å²) in [5.41, 5.74) is 0.0712. The molecule has 3 rings (SSSR count). The molecule has 0 saturated carbocycles. The zero-order valence-corrected chi connectivity index (χ0v) is 12.1. The third-order valence-corrected chi connectivity index (χ3v) is 4.36. The molecule has 7 nitrogen and oxygen atoms in total. The highest BCUT2D eigenvalue weighted by molar-refractivity contribution is 5.95. The van der Waals surface area contributed by atoms with Crippen LogP contribution in [-0.2, 0) is 4.79 Å². The summed E-state index contributed by atoms with van der Waals surface area (Å²) in [6, 6.07) is 0. The summed E-state index contributed by atoms with van der Waals surface area (Å²) in [4.78, 5) is 34.5. The van der Waals surface area contributed by atoms with E-state index in [1.807, 2.05) is 0 Å². The van der Waals surface area contributed by atoms with Crippen molar-refractivity contribution >= 4 is 17.8 Å². The Morgan fingerprint density at radius 1 is 1.38 bits per heavy atom. The summed E-state index contributed by atoms with van der Waals surface area (Å²) in [7, 11) is 1.72. The molecule has 1 spiro atoms. The molecule has 21 heavy (non-hydrogen) atoms. The first-order chi connectivity index (χ1) is 10.1. The van der Waals surface area contributed by atoms with Crippen LogP contribution in [0.1, 0.15) is 29.6 Å². The van der Waals surface area contributed by atoms with Crippen LogP contribution < -0.4 is 10.6 Å². The Morgan fingerprint density at radius 3 is 2.81 bits per heavy atom. The van der Waals surface area contributed by atoms with Crippen LogP contribution in [0.4, 0.5) is 5.95 Å². The van der Waals surface area contributed by atoms with Gasteiger partial charge in [-0.25, -0.2) is 9.97 Å². The van der Waals surface area contributed by atoms with Crippen LogP contribution >= 0.6 is 0 Å². The molecule has 0 aromatic carbocycles. The molecule has 2 fully saturated rings. The lowest BCUT2D eigenvalue weighted by atomic mass is 9.79. The van der Waals surface area contributed by atoms with Gasteiger partial charge >= 0.3 is 0 Å². The second kappa shape index (κ2) is 5.31. The molecule has 2 aliphatic rings. The fraction of sp³-hybridized carbons (Fsp3) is 0.571. The molecule has 0 aliphatic carbocycles. The van der Waals surface area contributed by atoms with Gasteiger partial charge in [-0.1, -0.05) is 0 Å². The van der Waals surface area contributed by atoms with Gasteiger partial charge in [-0.3, -0.25) is 9.59 Å². The van der Waals surface area contributed by atoms with Crippen molar-refractivity contribution in [3.05, 3.63) is 18.0 Å². The lowest BCUT2D eigenvalue weighted by molar-refractivity contribution is -0.132. The number of nitrogens with one attached hydrogen (secondary N) is 2. The van der Waals surface area contributed by atoms with Gasteiger partial charge in [-0.15, -0.1) is 0 Å². The maximum Gasteiger partial charge on any atom is 0.257 e. The molecule has 0 bridgehead atoms. The van der Waals surface area contributed by atoms with Crippen molar-refractivity contribution in [1.29, 1.82) is 0 Å². The SMILES string of the molecule is CNc1ncc(C(=O)N2CCC3(CCCNC3=O)C2)cn1. The topological polar surface area (TPSA) is 87.2 Å². The van der Waals surface area contributed by atoms with E-state index in [4.69, 9.17) is 0 Å². The Bertz CT molecular complexity index is 559. The Balaban J connectivity index is 1.73. The van der Waals surface area contributed by atoms with Crippen molar-refractivity contribution in [2.24, 2.45) is 5.41 Å². The number of carbonyl (C=O) groups excluding carboxylic acids is 2. The average molecular weight is 289 g/mol. The van der Waals surface area contributed by atoms with Crippen LogP contribution in [0.3, 0.4) is 0 Å². The molecule has 3 heterocycles. The Kier molecular flexibility index (Phi) is 3.48. The zero-order chi connectivity index (χ0) is 14.9. The minimum absolute atomic E-state index is 0.0887. The molecular formula is C14H19N5O2. The molecule has 2 N–H and O–H groups in total. The van der Waals surface area contributed by atoms with E-state index in [0.29, 0.717) is 24.6 Å². The summed E-state index contributed by atoms with van der Waals surface area (Å²) >= 11 is 0. The highest BCUT2D eigenvalue weighted by Crippen LogP contribution is 2.37. The average Bonchev–Trinajstić information content (AvgIpc) is 2.95. The summed E-state index contributed by atoms with van der Waals surface area (Å²) in [6.45, 7) is 1.85. The molecule has 0 radical (unpaired) electrons. The Morgan fingerprint density at radius 2 is 2.14 bits per heavy atom. The zero-order valence-electron chi connectivity index (χ0n) is 12.1. The first-order valence-corrected chi connectivity index (χ1v) is 7.22. The van der Waals surface area contributed by atoms with Gasteiger partial charge in [0.25, 0.3) is 5.91 Å². The third-order valence-electron chi connectivity index (χ3n) is 4.36. The van der Waals surface area contributed by atoms with E-state index < -0.39 is 0 Å². The molecule has 112 valence electrons. The number of amides is 2. The van der Waals surface area contributed by atoms with Crippen molar-refractivity contribution < 1.29 is 9.59 Å². The van der Waals surface area contributed by atoms with Crippen molar-refractivity contribution in [3.8, 4) is 0 Å². The van der Waals surface area contributed by atoms with Gasteiger partial charge in [0.2, 0.25) is 11.9 Å². The number of likely N-dealkylation sites (tertiary alicyclic amines) is 1. The number of nitrogens with zero attached hydrogens (tertiary/aromatic N) is 3. The molecule has 7 heteroatoms. The van der Waals surface area contributed by atoms with Crippen LogP contribution in [-0.4, -0.2) is 53.4 Å². The highest BCUT2D eigenvalue weighted by atomic mass is 16.2. The number of piperidine rings is 1. The molecule has 2 aliphatic heterocycles. The molecule has 1 atom stereocenters. The van der Waals surface area contributed by atoms with Gasteiger partial charge in [-0.05, 0) is 19.3 Å². The number of anilines is 1. The van der Waals surface area contributed by atoms with Gasteiger partial charge in [0.1, 0.15) is 0 Å². The molecule has 1 aromatic rings. The molecular weight excluding hydrogens is 270 g/mol. The first-order valence-electron chi connectivity index (χ1n) is 7.22. The minimum atomic E-state index is -0.389. The lowest BCUT2D eigenvalue weighted by Gasteiger charge is -2.32. The van der Waals surface area contributed by atoms with Crippen molar-refractivity contribution in [2.45, 2.75) is 19.3 Å². The van der Waals surface area contributed by atoms with Gasteiger partial charge in [0.05, 0.1) is 11.0 Å². The quantitative estimate of drug-likeness (QED) is 0.815. The predicted molar refractivity (Wildman–Crippen MR) is 76.8 cm³/mol. The first kappa shape index (κ1) is 13.8. The van der Waals surface area contributed by atoms with E-state index in [1.165, 1.54) is 12.4 Å². The molecule has 2 saturated heterocycles. The van der Waals surface area contributed by atoms with E-state index in [2.05, 4.69) is 20.6 Å². The fourth-order valence-corrected chi connectivity index (χ4v) is 3.12. The number of rotatable bonds is 2. The van der Waals surface area contributed by atoms with E-state index in [0.717, 1.165) is 25.8 Å². The second-order valence-corrected chi connectivity index (χ2v) is 5.66.